The van der Waals surface area contributed by atoms with Crippen molar-refractivity contribution in [1.29, 1.82) is 0 Å². The average Bonchev–Trinajstić information content (AvgIpc) is 3.29. The first-order valence-corrected chi connectivity index (χ1v) is 16.0. The second-order valence-electron chi connectivity index (χ2n) is 15.9. The number of imide groups is 2. The maximum atomic E-state index is 12.9. The van der Waals surface area contributed by atoms with E-state index >= 15 is 0 Å². The highest BCUT2D eigenvalue weighted by Gasteiger charge is 2.41. The van der Waals surface area contributed by atoms with Gasteiger partial charge in [-0.05, 0) is 49.9 Å². The van der Waals surface area contributed by atoms with E-state index in [-0.39, 0.29) is 68.4 Å². The molecule has 0 bridgehead atoms. The van der Waals surface area contributed by atoms with Crippen LogP contribution in [-0.2, 0) is 0 Å². The molecule has 0 unspecified atom stereocenters. The lowest BCUT2D eigenvalue weighted by Gasteiger charge is -2.39. The van der Waals surface area contributed by atoms with E-state index in [1.54, 1.807) is 48.5 Å². The molecule has 2 heterocycles. The third kappa shape index (κ3) is 9.58. The van der Waals surface area contributed by atoms with E-state index in [0.29, 0.717) is 35.3 Å². The number of quaternary nitrogens is 2. The van der Waals surface area contributed by atoms with Gasteiger partial charge in [-0.25, -0.2) is 0 Å². The van der Waals surface area contributed by atoms with Gasteiger partial charge in [-0.2, -0.15) is 0 Å². The molecule has 0 fully saturated rings. The van der Waals surface area contributed by atoms with E-state index in [9.17, 15) is 19.2 Å². The normalized spacial score (nSPS) is 15.1. The predicted molar refractivity (Wildman–Crippen MR) is 173 cm³/mol. The van der Waals surface area contributed by atoms with Gasteiger partial charge in [0.2, 0.25) is 0 Å². The van der Waals surface area contributed by atoms with Crippen LogP contribution in [0.2, 0.25) is 0 Å². The summed E-state index contributed by atoms with van der Waals surface area (Å²) in [5, 5.41) is 0. The zero-order valence-corrected chi connectivity index (χ0v) is 32.0. The molecule has 4 amide bonds. The number of fused-ring (bicyclic) bond motifs is 2. The van der Waals surface area contributed by atoms with Crippen molar-refractivity contribution in [2.75, 3.05) is 67.5 Å². The molecule has 0 atom stereocenters. The molecule has 0 aliphatic carbocycles. The molecule has 8 nitrogen and oxygen atoms in total. The zero-order chi connectivity index (χ0) is 32.5. The van der Waals surface area contributed by atoms with Crippen molar-refractivity contribution in [2.45, 2.75) is 53.4 Å². The van der Waals surface area contributed by atoms with Gasteiger partial charge in [-0.1, -0.05) is 52.0 Å². The lowest BCUT2D eigenvalue weighted by Crippen LogP contribution is -3.00. The Bertz CT molecular complexity index is 1260. The Morgan fingerprint density at radius 1 is 0.500 bits per heavy atom. The van der Waals surface area contributed by atoms with Crippen molar-refractivity contribution in [2.24, 2.45) is 10.8 Å². The van der Waals surface area contributed by atoms with Crippen LogP contribution in [0.25, 0.3) is 0 Å². The number of halogens is 2. The van der Waals surface area contributed by atoms with E-state index in [2.05, 4.69) is 55.9 Å². The Kier molecular flexibility index (Phi) is 13.2. The van der Waals surface area contributed by atoms with Crippen molar-refractivity contribution < 1.29 is 62.1 Å². The molecule has 10 heteroatoms. The first-order chi connectivity index (χ1) is 20.4. The largest absolute Gasteiger partial charge is 1.00 e. The van der Waals surface area contributed by atoms with Gasteiger partial charge in [0.25, 0.3) is 23.6 Å². The minimum Gasteiger partial charge on any atom is -1.00 e. The van der Waals surface area contributed by atoms with Gasteiger partial charge in [0.15, 0.2) is 0 Å². The second kappa shape index (κ2) is 15.2. The van der Waals surface area contributed by atoms with Crippen LogP contribution < -0.4 is 34.0 Å². The van der Waals surface area contributed by atoms with E-state index in [4.69, 9.17) is 0 Å². The van der Waals surface area contributed by atoms with E-state index in [0.717, 1.165) is 60.8 Å². The van der Waals surface area contributed by atoms with Crippen LogP contribution in [0.4, 0.5) is 0 Å². The molecule has 0 radical (unpaired) electrons. The third-order valence-corrected chi connectivity index (χ3v) is 8.92. The van der Waals surface area contributed by atoms with Crippen LogP contribution in [0, 0.1) is 10.8 Å². The van der Waals surface area contributed by atoms with Gasteiger partial charge < -0.3 is 42.9 Å². The highest BCUT2D eigenvalue weighted by Crippen LogP contribution is 2.30. The smallest absolute Gasteiger partial charge is 0.261 e. The van der Waals surface area contributed by atoms with Gasteiger partial charge in [0.05, 0.1) is 76.6 Å². The number of benzene rings is 2. The standard InChI is InChI=1S/C36H52N4O4.2BrH/c1-35(2,23-37-31(41)27-17-11-12-18-28(27)32(37)42)25-39(5,6)21-15-9-10-16-22-40(7,8)26-36(3,4)24-38-33(43)29-19-13-14-20-30(29)34(38)44;;/h11-14,17-20H,9-10,15-16,21-26H2,1-8H3;2*1H/q+2;;/p-2. The fourth-order valence-corrected chi connectivity index (χ4v) is 7.63. The number of hydrogen-bond donors (Lipinski definition) is 0. The Morgan fingerprint density at radius 3 is 1.02 bits per heavy atom. The van der Waals surface area contributed by atoms with E-state index in [1.165, 1.54) is 9.80 Å². The molecule has 0 saturated heterocycles. The topological polar surface area (TPSA) is 74.8 Å². The molecule has 0 saturated carbocycles. The minimum absolute atomic E-state index is 0. The first kappa shape index (κ1) is 39.8. The molecule has 4 rings (SSSR count). The van der Waals surface area contributed by atoms with Crippen molar-refractivity contribution in [1.82, 2.24) is 9.80 Å². The van der Waals surface area contributed by atoms with Gasteiger partial charge in [-0.3, -0.25) is 29.0 Å². The number of carbonyl (C=O) groups excluding carboxylic acids is 4. The highest BCUT2D eigenvalue weighted by molar-refractivity contribution is 6.22. The summed E-state index contributed by atoms with van der Waals surface area (Å²) < 4.78 is 1.67. The van der Waals surface area contributed by atoms with Gasteiger partial charge in [-0.15, -0.1) is 0 Å². The average molecular weight is 765 g/mol. The summed E-state index contributed by atoms with van der Waals surface area (Å²) in [6.45, 7) is 13.2. The number of amides is 4. The molecular formula is C36H52Br2N4O4. The Hall–Kier alpha value is -2.40. The van der Waals surface area contributed by atoms with Crippen molar-refractivity contribution in [3.63, 3.8) is 0 Å². The third-order valence-electron chi connectivity index (χ3n) is 8.92. The number of carbonyl (C=O) groups is 4. The maximum absolute atomic E-state index is 12.9. The predicted octanol–water partition coefficient (Wildman–Crippen LogP) is -0.648. The molecule has 2 aliphatic heterocycles. The monoisotopic (exact) mass is 762 g/mol. The fourth-order valence-electron chi connectivity index (χ4n) is 7.63. The summed E-state index contributed by atoms with van der Waals surface area (Å²) in [5.41, 5.74) is 1.62. The molecule has 2 aromatic rings. The van der Waals surface area contributed by atoms with Crippen LogP contribution in [0.15, 0.2) is 48.5 Å². The molecule has 0 spiro atoms. The van der Waals surface area contributed by atoms with Crippen LogP contribution in [0.3, 0.4) is 0 Å². The van der Waals surface area contributed by atoms with Crippen LogP contribution >= 0.6 is 0 Å². The number of nitrogens with zero attached hydrogens (tertiary/aromatic N) is 4. The zero-order valence-electron chi connectivity index (χ0n) is 28.9. The molecular weight excluding hydrogens is 712 g/mol. The van der Waals surface area contributed by atoms with Gasteiger partial charge in [0.1, 0.15) is 0 Å². The number of hydrogen-bond acceptors (Lipinski definition) is 4. The van der Waals surface area contributed by atoms with E-state index in [1.807, 2.05) is 0 Å². The summed E-state index contributed by atoms with van der Waals surface area (Å²) in [4.78, 5) is 54.4. The summed E-state index contributed by atoms with van der Waals surface area (Å²) in [7, 11) is 8.95. The second-order valence-corrected chi connectivity index (χ2v) is 15.9. The molecule has 2 aromatic carbocycles. The summed E-state index contributed by atoms with van der Waals surface area (Å²) in [6.07, 6.45) is 4.54. The lowest BCUT2D eigenvalue weighted by molar-refractivity contribution is -0.897. The Morgan fingerprint density at radius 2 is 0.761 bits per heavy atom. The van der Waals surface area contributed by atoms with E-state index < -0.39 is 0 Å². The molecule has 2 aliphatic rings. The van der Waals surface area contributed by atoms with Crippen molar-refractivity contribution in [3.8, 4) is 0 Å². The molecule has 254 valence electrons. The molecule has 46 heavy (non-hydrogen) atoms. The first-order valence-electron chi connectivity index (χ1n) is 16.0. The minimum atomic E-state index is -0.210. The van der Waals surface area contributed by atoms with Crippen molar-refractivity contribution in [3.05, 3.63) is 70.8 Å². The van der Waals surface area contributed by atoms with Crippen LogP contribution in [-0.4, -0.2) is 110 Å². The Balaban J connectivity index is 0.00000368. The van der Waals surface area contributed by atoms with Crippen molar-refractivity contribution >= 4 is 23.6 Å². The fraction of sp³-hybridized carbons (Fsp3) is 0.556. The maximum Gasteiger partial charge on any atom is 0.261 e. The summed E-state index contributed by atoms with van der Waals surface area (Å²) >= 11 is 0. The summed E-state index contributed by atoms with van der Waals surface area (Å²) in [5.74, 6) is -0.732. The van der Waals surface area contributed by atoms with Crippen LogP contribution in [0.1, 0.15) is 94.8 Å². The quantitative estimate of drug-likeness (QED) is 0.138. The molecule has 0 N–H and O–H groups in total. The van der Waals surface area contributed by atoms with Gasteiger partial charge in [0, 0.05) is 23.9 Å². The molecule has 0 aromatic heterocycles. The number of unbranched alkanes of at least 4 members (excludes halogenated alkanes) is 3. The van der Waals surface area contributed by atoms with Gasteiger partial charge >= 0.3 is 0 Å². The highest BCUT2D eigenvalue weighted by atomic mass is 79.9. The SMILES string of the molecule is CC(C)(CN1C(=O)c2ccccc2C1=O)C[N+](C)(C)CCCCCC[N+](C)(C)CC(C)(C)CN1C(=O)c2ccccc2C1=O.[Br-].[Br-]. The number of rotatable bonds is 15. The van der Waals surface area contributed by atoms with Crippen LogP contribution in [0.5, 0.6) is 0 Å². The lowest BCUT2D eigenvalue weighted by atomic mass is 9.90. The summed E-state index contributed by atoms with van der Waals surface area (Å²) in [6, 6.07) is 14.2. The Labute approximate surface area is 296 Å².